The highest BCUT2D eigenvalue weighted by Crippen LogP contribution is 2.17. The summed E-state index contributed by atoms with van der Waals surface area (Å²) in [5.41, 5.74) is 1.27. The molecule has 1 unspecified atom stereocenters. The summed E-state index contributed by atoms with van der Waals surface area (Å²) in [6.07, 6.45) is 4.82. The van der Waals surface area contributed by atoms with Crippen LogP contribution in [0.5, 0.6) is 5.75 Å². The monoisotopic (exact) mass is 273 g/mol. The normalized spacial score (nSPS) is 12.3. The van der Waals surface area contributed by atoms with E-state index in [1.165, 1.54) is 5.56 Å². The van der Waals surface area contributed by atoms with Crippen LogP contribution in [0.25, 0.3) is 0 Å². The first-order chi connectivity index (χ1) is 9.79. The van der Waals surface area contributed by atoms with E-state index in [1.54, 1.807) is 6.20 Å². The number of rotatable bonds is 8. The van der Waals surface area contributed by atoms with Gasteiger partial charge >= 0.3 is 0 Å². The van der Waals surface area contributed by atoms with Crippen LogP contribution in [-0.2, 0) is 6.54 Å². The highest BCUT2D eigenvalue weighted by atomic mass is 16.5. The summed E-state index contributed by atoms with van der Waals surface area (Å²) in [6.45, 7) is 6.84. The number of nitrogens with one attached hydrogen (secondary N) is 1. The molecular weight excluding hydrogens is 250 g/mol. The van der Waals surface area contributed by atoms with Crippen molar-refractivity contribution in [3.8, 4) is 5.75 Å². The lowest BCUT2D eigenvalue weighted by Crippen LogP contribution is -2.23. The van der Waals surface area contributed by atoms with Crippen molar-refractivity contribution in [3.63, 3.8) is 0 Å². The van der Waals surface area contributed by atoms with Crippen molar-refractivity contribution < 1.29 is 4.74 Å². The van der Waals surface area contributed by atoms with Crippen LogP contribution in [-0.4, -0.2) is 22.9 Å². The fraction of sp³-hybridized carbons (Fsp3) is 0.438. The van der Waals surface area contributed by atoms with E-state index in [-0.39, 0.29) is 0 Å². The van der Waals surface area contributed by atoms with Crippen molar-refractivity contribution in [2.24, 2.45) is 0 Å². The molecule has 0 spiro atoms. The number of ether oxygens (including phenoxy) is 1. The van der Waals surface area contributed by atoms with Crippen LogP contribution < -0.4 is 10.1 Å². The molecule has 4 nitrogen and oxygen atoms in total. The average molecular weight is 273 g/mol. The summed E-state index contributed by atoms with van der Waals surface area (Å²) in [6, 6.07) is 10.6. The Bertz CT molecular complexity index is 479. The molecule has 1 heterocycles. The average Bonchev–Trinajstić information content (AvgIpc) is 2.99. The Morgan fingerprint density at radius 3 is 2.75 bits per heavy atom. The highest BCUT2D eigenvalue weighted by Gasteiger charge is 2.04. The number of benzene rings is 1. The van der Waals surface area contributed by atoms with Crippen LogP contribution in [0.2, 0.25) is 0 Å². The lowest BCUT2D eigenvalue weighted by molar-refractivity contribution is 0.317. The smallest absolute Gasteiger partial charge is 0.119 e. The Hall–Kier alpha value is -1.81. The Balaban J connectivity index is 1.78. The van der Waals surface area contributed by atoms with E-state index in [2.05, 4.69) is 36.4 Å². The van der Waals surface area contributed by atoms with Gasteiger partial charge in [-0.1, -0.05) is 19.1 Å². The van der Waals surface area contributed by atoms with Gasteiger partial charge in [-0.25, -0.2) is 0 Å². The van der Waals surface area contributed by atoms with Gasteiger partial charge in [0.15, 0.2) is 0 Å². The topological polar surface area (TPSA) is 39.1 Å². The van der Waals surface area contributed by atoms with Gasteiger partial charge in [0.1, 0.15) is 5.75 Å². The Morgan fingerprint density at radius 2 is 2.10 bits per heavy atom. The summed E-state index contributed by atoms with van der Waals surface area (Å²) in [4.78, 5) is 0. The van der Waals surface area contributed by atoms with Crippen LogP contribution in [0.4, 0.5) is 0 Å². The predicted molar refractivity (Wildman–Crippen MR) is 80.9 cm³/mol. The van der Waals surface area contributed by atoms with Gasteiger partial charge in [-0.2, -0.15) is 5.10 Å². The second-order valence-corrected chi connectivity index (χ2v) is 4.86. The van der Waals surface area contributed by atoms with Crippen molar-refractivity contribution >= 4 is 0 Å². The van der Waals surface area contributed by atoms with Crippen LogP contribution in [0, 0.1) is 0 Å². The quantitative estimate of drug-likeness (QED) is 0.803. The van der Waals surface area contributed by atoms with E-state index in [1.807, 2.05) is 29.1 Å². The maximum absolute atomic E-state index is 5.59. The SMILES string of the molecule is CCCOc1ccc(C(C)NCCn2cccn2)cc1. The van der Waals surface area contributed by atoms with E-state index < -0.39 is 0 Å². The minimum Gasteiger partial charge on any atom is -0.494 e. The van der Waals surface area contributed by atoms with Crippen LogP contribution in [0.1, 0.15) is 31.9 Å². The minimum atomic E-state index is 0.325. The molecule has 0 aliphatic carbocycles. The van der Waals surface area contributed by atoms with Crippen molar-refractivity contribution in [1.82, 2.24) is 15.1 Å². The second-order valence-electron chi connectivity index (χ2n) is 4.86. The maximum Gasteiger partial charge on any atom is 0.119 e. The first-order valence-electron chi connectivity index (χ1n) is 7.23. The Kier molecular flexibility index (Phi) is 5.62. The molecule has 0 saturated heterocycles. The van der Waals surface area contributed by atoms with Gasteiger partial charge in [0, 0.05) is 25.0 Å². The molecule has 0 saturated carbocycles. The Labute approximate surface area is 120 Å². The fourth-order valence-electron chi connectivity index (χ4n) is 2.02. The van der Waals surface area contributed by atoms with Crippen molar-refractivity contribution in [1.29, 1.82) is 0 Å². The van der Waals surface area contributed by atoms with Crippen LogP contribution in [0.15, 0.2) is 42.7 Å². The van der Waals surface area contributed by atoms with E-state index >= 15 is 0 Å². The summed E-state index contributed by atoms with van der Waals surface area (Å²) in [5, 5.41) is 7.68. The molecule has 2 rings (SSSR count). The van der Waals surface area contributed by atoms with Gasteiger partial charge in [0.05, 0.1) is 13.2 Å². The largest absolute Gasteiger partial charge is 0.494 e. The molecular formula is C16H23N3O. The van der Waals surface area contributed by atoms with Gasteiger partial charge in [-0.3, -0.25) is 4.68 Å². The molecule has 1 aromatic heterocycles. The summed E-state index contributed by atoms with van der Waals surface area (Å²) < 4.78 is 7.52. The molecule has 0 aliphatic heterocycles. The molecule has 0 amide bonds. The fourth-order valence-corrected chi connectivity index (χ4v) is 2.02. The molecule has 2 aromatic rings. The molecule has 0 bridgehead atoms. The number of hydrogen-bond donors (Lipinski definition) is 1. The number of hydrogen-bond acceptors (Lipinski definition) is 3. The number of nitrogens with zero attached hydrogens (tertiary/aromatic N) is 2. The van der Waals surface area contributed by atoms with Gasteiger partial charge in [-0.05, 0) is 37.1 Å². The molecule has 1 aromatic carbocycles. The second kappa shape index (κ2) is 7.70. The molecule has 4 heteroatoms. The van der Waals surface area contributed by atoms with Gasteiger partial charge in [0.25, 0.3) is 0 Å². The van der Waals surface area contributed by atoms with E-state index in [4.69, 9.17) is 4.74 Å². The number of aromatic nitrogens is 2. The third-order valence-electron chi connectivity index (χ3n) is 3.20. The maximum atomic E-state index is 5.59. The Morgan fingerprint density at radius 1 is 1.30 bits per heavy atom. The predicted octanol–water partition coefficient (Wildman–Crippen LogP) is 3.02. The van der Waals surface area contributed by atoms with Crippen molar-refractivity contribution in [2.45, 2.75) is 32.9 Å². The third-order valence-corrected chi connectivity index (χ3v) is 3.20. The summed E-state index contributed by atoms with van der Waals surface area (Å²) >= 11 is 0. The van der Waals surface area contributed by atoms with Gasteiger partial charge in [0.2, 0.25) is 0 Å². The lowest BCUT2D eigenvalue weighted by Gasteiger charge is -2.15. The molecule has 0 aliphatic rings. The van der Waals surface area contributed by atoms with Gasteiger partial charge < -0.3 is 10.1 Å². The lowest BCUT2D eigenvalue weighted by atomic mass is 10.1. The van der Waals surface area contributed by atoms with E-state index in [0.717, 1.165) is 31.9 Å². The van der Waals surface area contributed by atoms with Gasteiger partial charge in [-0.15, -0.1) is 0 Å². The highest BCUT2D eigenvalue weighted by molar-refractivity contribution is 5.28. The van der Waals surface area contributed by atoms with E-state index in [9.17, 15) is 0 Å². The minimum absolute atomic E-state index is 0.325. The summed E-state index contributed by atoms with van der Waals surface area (Å²) in [5.74, 6) is 0.944. The van der Waals surface area contributed by atoms with E-state index in [0.29, 0.717) is 6.04 Å². The molecule has 108 valence electrons. The molecule has 1 N–H and O–H groups in total. The third kappa shape index (κ3) is 4.38. The first kappa shape index (κ1) is 14.6. The first-order valence-corrected chi connectivity index (χ1v) is 7.23. The summed E-state index contributed by atoms with van der Waals surface area (Å²) in [7, 11) is 0. The zero-order valence-electron chi connectivity index (χ0n) is 12.2. The van der Waals surface area contributed by atoms with Crippen molar-refractivity contribution in [3.05, 3.63) is 48.3 Å². The standard InChI is InChI=1S/C16H23N3O/c1-3-13-20-16-7-5-15(6-8-16)14(2)17-10-12-19-11-4-9-18-19/h4-9,11,14,17H,3,10,12-13H2,1-2H3. The molecule has 0 fully saturated rings. The van der Waals surface area contributed by atoms with Crippen LogP contribution >= 0.6 is 0 Å². The molecule has 1 atom stereocenters. The zero-order valence-corrected chi connectivity index (χ0v) is 12.2. The molecule has 0 radical (unpaired) electrons. The molecule has 20 heavy (non-hydrogen) atoms. The zero-order chi connectivity index (χ0) is 14.2. The van der Waals surface area contributed by atoms with Crippen molar-refractivity contribution in [2.75, 3.05) is 13.2 Å². The van der Waals surface area contributed by atoms with Crippen LogP contribution in [0.3, 0.4) is 0 Å².